The van der Waals surface area contributed by atoms with Crippen molar-refractivity contribution >= 4 is 23.8 Å². The lowest BCUT2D eigenvalue weighted by Crippen LogP contribution is -2.58. The van der Waals surface area contributed by atoms with Crippen LogP contribution < -0.4 is 10.6 Å². The summed E-state index contributed by atoms with van der Waals surface area (Å²) in [5.74, 6) is -0.0249. The third kappa shape index (κ3) is 8.87. The summed E-state index contributed by atoms with van der Waals surface area (Å²) in [6.07, 6.45) is 5.26. The normalized spacial score (nSPS) is 16.3. The molecule has 1 fully saturated rings. The van der Waals surface area contributed by atoms with Crippen molar-refractivity contribution in [2.45, 2.75) is 70.9 Å². The van der Waals surface area contributed by atoms with Crippen LogP contribution in [0.2, 0.25) is 0 Å². The molecule has 1 saturated heterocycles. The minimum atomic E-state index is -0.720. The molecule has 10 heteroatoms. The highest BCUT2D eigenvalue weighted by atomic mass is 16.6. The SMILES string of the molecule is COC(=O)C(CCN(C)CCCCc1ccc2c(n1)NCCC2)NC(=O)C1CN(C(=O)OC(C)(C)C)C1. The number of carbonyl (C=O) groups is 3. The van der Waals surface area contributed by atoms with E-state index in [1.807, 2.05) is 7.05 Å². The van der Waals surface area contributed by atoms with E-state index in [9.17, 15) is 14.4 Å². The monoisotopic (exact) mass is 517 g/mol. The van der Waals surface area contributed by atoms with Crippen LogP contribution in [0.1, 0.15) is 57.7 Å². The first kappa shape index (κ1) is 28.7. The van der Waals surface area contributed by atoms with E-state index in [1.54, 1.807) is 20.8 Å². The fraction of sp³-hybridized carbons (Fsp3) is 0.704. The fourth-order valence-corrected chi connectivity index (χ4v) is 4.46. The minimum Gasteiger partial charge on any atom is -0.467 e. The molecule has 10 nitrogen and oxygen atoms in total. The fourth-order valence-electron chi connectivity index (χ4n) is 4.46. The Morgan fingerprint density at radius 2 is 1.97 bits per heavy atom. The highest BCUT2D eigenvalue weighted by Crippen LogP contribution is 2.21. The highest BCUT2D eigenvalue weighted by Gasteiger charge is 2.39. The zero-order valence-corrected chi connectivity index (χ0v) is 23.0. The van der Waals surface area contributed by atoms with Crippen LogP contribution in [0.25, 0.3) is 0 Å². The summed E-state index contributed by atoms with van der Waals surface area (Å²) in [7, 11) is 3.34. The summed E-state index contributed by atoms with van der Waals surface area (Å²) in [6.45, 7) is 8.50. The Balaban J connectivity index is 1.35. The van der Waals surface area contributed by atoms with E-state index >= 15 is 0 Å². The molecule has 0 spiro atoms. The summed E-state index contributed by atoms with van der Waals surface area (Å²) in [5, 5.41) is 6.20. The first-order valence-corrected chi connectivity index (χ1v) is 13.3. The number of hydrogen-bond donors (Lipinski definition) is 2. The number of methoxy groups -OCH3 is 1. The Morgan fingerprint density at radius 1 is 1.22 bits per heavy atom. The van der Waals surface area contributed by atoms with Crippen LogP contribution in [0.5, 0.6) is 0 Å². The summed E-state index contributed by atoms with van der Waals surface area (Å²) < 4.78 is 10.2. The Bertz CT molecular complexity index is 942. The Hall–Kier alpha value is -2.88. The number of aryl methyl sites for hydroxylation is 2. The van der Waals surface area contributed by atoms with E-state index in [4.69, 9.17) is 14.5 Å². The van der Waals surface area contributed by atoms with Crippen LogP contribution in [0.4, 0.5) is 10.6 Å². The second-order valence-corrected chi connectivity index (χ2v) is 11.1. The maximum Gasteiger partial charge on any atom is 0.410 e. The lowest BCUT2D eigenvalue weighted by atomic mass is 9.99. The van der Waals surface area contributed by atoms with Gasteiger partial charge >= 0.3 is 12.1 Å². The lowest BCUT2D eigenvalue weighted by molar-refractivity contribution is -0.146. The van der Waals surface area contributed by atoms with E-state index in [-0.39, 0.29) is 24.9 Å². The lowest BCUT2D eigenvalue weighted by Gasteiger charge is -2.39. The molecule has 37 heavy (non-hydrogen) atoms. The summed E-state index contributed by atoms with van der Waals surface area (Å²) >= 11 is 0. The smallest absolute Gasteiger partial charge is 0.410 e. The van der Waals surface area contributed by atoms with Crippen molar-refractivity contribution in [3.63, 3.8) is 0 Å². The van der Waals surface area contributed by atoms with Gasteiger partial charge < -0.3 is 29.9 Å². The average molecular weight is 518 g/mol. The summed E-state index contributed by atoms with van der Waals surface area (Å²) in [4.78, 5) is 45.5. The molecular weight excluding hydrogens is 474 g/mol. The Kier molecular flexibility index (Phi) is 10.1. The van der Waals surface area contributed by atoms with Gasteiger partial charge in [0.1, 0.15) is 17.5 Å². The predicted molar refractivity (Wildman–Crippen MR) is 141 cm³/mol. The molecule has 0 saturated carbocycles. The van der Waals surface area contributed by atoms with Gasteiger partial charge in [-0.05, 0) is 84.5 Å². The van der Waals surface area contributed by atoms with Crippen molar-refractivity contribution in [1.29, 1.82) is 0 Å². The first-order valence-electron chi connectivity index (χ1n) is 13.3. The maximum absolute atomic E-state index is 12.7. The van der Waals surface area contributed by atoms with Crippen LogP contribution in [0.15, 0.2) is 12.1 Å². The van der Waals surface area contributed by atoms with Crippen molar-refractivity contribution < 1.29 is 23.9 Å². The molecule has 2 N–H and O–H groups in total. The van der Waals surface area contributed by atoms with Gasteiger partial charge in [-0.2, -0.15) is 0 Å². The number of pyridine rings is 1. The number of likely N-dealkylation sites (tertiary alicyclic amines) is 1. The van der Waals surface area contributed by atoms with Crippen LogP contribution in [-0.4, -0.2) is 91.3 Å². The summed E-state index contributed by atoms with van der Waals surface area (Å²) in [6, 6.07) is 3.60. The average Bonchev–Trinajstić information content (AvgIpc) is 2.81. The number of hydrogen-bond acceptors (Lipinski definition) is 8. The molecule has 0 aromatic carbocycles. The number of fused-ring (bicyclic) bond motifs is 1. The van der Waals surface area contributed by atoms with E-state index < -0.39 is 23.7 Å². The number of nitrogens with zero attached hydrogens (tertiary/aromatic N) is 3. The Morgan fingerprint density at radius 3 is 2.68 bits per heavy atom. The van der Waals surface area contributed by atoms with Gasteiger partial charge in [-0.1, -0.05) is 6.07 Å². The number of rotatable bonds is 11. The van der Waals surface area contributed by atoms with Crippen LogP contribution in [0.3, 0.4) is 0 Å². The van der Waals surface area contributed by atoms with E-state index in [2.05, 4.69) is 27.7 Å². The van der Waals surface area contributed by atoms with Crippen molar-refractivity contribution in [2.75, 3.05) is 52.2 Å². The number of carbonyl (C=O) groups excluding carboxylic acids is 3. The number of amides is 2. The number of aromatic nitrogens is 1. The second-order valence-electron chi connectivity index (χ2n) is 11.1. The molecule has 2 aliphatic heterocycles. The van der Waals surface area contributed by atoms with Crippen LogP contribution in [-0.2, 0) is 31.9 Å². The van der Waals surface area contributed by atoms with Gasteiger partial charge in [0, 0.05) is 31.9 Å². The van der Waals surface area contributed by atoms with E-state index in [0.717, 1.165) is 56.7 Å². The topological polar surface area (TPSA) is 113 Å². The van der Waals surface area contributed by atoms with Crippen LogP contribution in [0, 0.1) is 5.92 Å². The molecule has 1 atom stereocenters. The van der Waals surface area contributed by atoms with Gasteiger partial charge in [0.15, 0.2) is 0 Å². The minimum absolute atomic E-state index is 0.245. The molecular formula is C27H43N5O5. The quantitative estimate of drug-likeness (QED) is 0.340. The summed E-state index contributed by atoms with van der Waals surface area (Å²) in [5.41, 5.74) is 1.84. The first-order chi connectivity index (χ1) is 17.6. The van der Waals surface area contributed by atoms with E-state index in [0.29, 0.717) is 13.0 Å². The standard InChI is InChI=1S/C27H43N5O5/c1-27(2,3)37-26(35)32-17-20(18-32)24(33)30-22(25(34)36-5)13-16-31(4)15-7-6-10-21-12-11-19-9-8-14-28-23(19)29-21/h11-12,20,22H,6-10,13-18H2,1-5H3,(H,28,29)(H,30,33). The molecule has 0 radical (unpaired) electrons. The number of unbranched alkanes of at least 4 members (excludes halogenated alkanes) is 1. The molecule has 0 aliphatic carbocycles. The third-order valence-electron chi connectivity index (χ3n) is 6.68. The number of nitrogens with one attached hydrogen (secondary N) is 2. The van der Waals surface area contributed by atoms with Crippen LogP contribution >= 0.6 is 0 Å². The van der Waals surface area contributed by atoms with Gasteiger partial charge in [-0.25, -0.2) is 14.6 Å². The van der Waals surface area contributed by atoms with Gasteiger partial charge in [0.25, 0.3) is 0 Å². The van der Waals surface area contributed by atoms with Gasteiger partial charge in [0.05, 0.1) is 13.0 Å². The predicted octanol–water partition coefficient (Wildman–Crippen LogP) is 2.61. The maximum atomic E-state index is 12.7. The molecule has 2 amide bonds. The largest absolute Gasteiger partial charge is 0.467 e. The molecule has 206 valence electrons. The van der Waals surface area contributed by atoms with Gasteiger partial charge in [-0.15, -0.1) is 0 Å². The molecule has 1 aromatic rings. The molecule has 2 aliphatic rings. The number of ether oxygens (including phenoxy) is 2. The van der Waals surface area contributed by atoms with Crippen molar-refractivity contribution in [3.8, 4) is 0 Å². The Labute approximate surface area is 220 Å². The molecule has 0 bridgehead atoms. The molecule has 1 unspecified atom stereocenters. The number of esters is 1. The van der Waals surface area contributed by atoms with Crippen molar-refractivity contribution in [3.05, 3.63) is 23.4 Å². The molecule has 3 rings (SSSR count). The molecule has 1 aromatic heterocycles. The third-order valence-corrected chi connectivity index (χ3v) is 6.68. The zero-order valence-electron chi connectivity index (χ0n) is 23.0. The van der Waals surface area contributed by atoms with Crippen molar-refractivity contribution in [1.82, 2.24) is 20.1 Å². The van der Waals surface area contributed by atoms with E-state index in [1.165, 1.54) is 17.6 Å². The van der Waals surface area contributed by atoms with Crippen molar-refractivity contribution in [2.24, 2.45) is 5.92 Å². The zero-order chi connectivity index (χ0) is 27.0. The van der Waals surface area contributed by atoms with Gasteiger partial charge in [0.2, 0.25) is 5.91 Å². The number of anilines is 1. The second kappa shape index (κ2) is 13.1. The molecule has 3 heterocycles. The highest BCUT2D eigenvalue weighted by molar-refractivity contribution is 5.87. The van der Waals surface area contributed by atoms with Gasteiger partial charge in [-0.3, -0.25) is 4.79 Å².